The van der Waals surface area contributed by atoms with E-state index in [1.807, 2.05) is 0 Å². The maximum Gasteiger partial charge on any atom is 0.237 e. The lowest BCUT2D eigenvalue weighted by molar-refractivity contribution is -0.255. The Morgan fingerprint density at radius 2 is 1.33 bits per heavy atom. The van der Waals surface area contributed by atoms with Crippen molar-refractivity contribution in [1.82, 2.24) is 0 Å². The fourth-order valence-corrected chi connectivity index (χ4v) is 4.64. The van der Waals surface area contributed by atoms with Crippen LogP contribution in [-0.4, -0.2) is 23.8 Å². The number of benzene rings is 1. The van der Waals surface area contributed by atoms with Crippen molar-refractivity contribution in [3.8, 4) is 0 Å². The number of hydrogen-bond acceptors (Lipinski definition) is 6. The Morgan fingerprint density at radius 1 is 0.875 bits per heavy atom. The Bertz CT molecular complexity index is 740. The van der Waals surface area contributed by atoms with E-state index >= 15 is 0 Å². The first kappa shape index (κ1) is 14.9. The first-order chi connectivity index (χ1) is 11.4. The van der Waals surface area contributed by atoms with Crippen LogP contribution in [0, 0.1) is 23.7 Å². The molecule has 0 radical (unpaired) electrons. The summed E-state index contributed by atoms with van der Waals surface area (Å²) in [6, 6.07) is 3.09. The van der Waals surface area contributed by atoms with Crippen LogP contribution < -0.4 is 15.1 Å². The Morgan fingerprint density at radius 3 is 1.75 bits per heavy atom. The van der Waals surface area contributed by atoms with E-state index in [1.54, 1.807) is 0 Å². The quantitative estimate of drug-likeness (QED) is 0.654. The molecule has 1 aromatic rings. The van der Waals surface area contributed by atoms with Crippen molar-refractivity contribution in [2.24, 2.45) is 23.7 Å². The molecule has 2 amide bonds. The highest BCUT2D eigenvalue weighted by Crippen LogP contribution is 2.56. The van der Waals surface area contributed by atoms with Gasteiger partial charge < -0.3 is 19.8 Å². The van der Waals surface area contributed by atoms with Crippen LogP contribution in [0.4, 0.5) is 5.69 Å². The SMILES string of the molecule is O=C([O-])c1cc(C(=O)[O-])cc(N2C(=O)[C@@H]3[C@@H]4CC[C@H](C4)[C@@H]3C2=O)c1. The Labute approximate surface area is 136 Å². The summed E-state index contributed by atoms with van der Waals surface area (Å²) in [7, 11) is 0. The van der Waals surface area contributed by atoms with Gasteiger partial charge in [-0.05, 0) is 60.4 Å². The van der Waals surface area contributed by atoms with Gasteiger partial charge in [-0.1, -0.05) is 0 Å². The third-order valence-electron chi connectivity index (χ3n) is 5.57. The maximum absolute atomic E-state index is 12.7. The zero-order valence-corrected chi connectivity index (χ0v) is 12.6. The minimum atomic E-state index is -1.58. The molecule has 2 bridgehead atoms. The lowest BCUT2D eigenvalue weighted by Gasteiger charge is -2.20. The summed E-state index contributed by atoms with van der Waals surface area (Å²) < 4.78 is 0. The monoisotopic (exact) mass is 327 g/mol. The highest BCUT2D eigenvalue weighted by Gasteiger charge is 2.61. The van der Waals surface area contributed by atoms with Crippen molar-refractivity contribution in [2.45, 2.75) is 19.3 Å². The molecule has 2 saturated carbocycles. The summed E-state index contributed by atoms with van der Waals surface area (Å²) in [6.07, 6.45) is 2.72. The molecule has 4 atom stereocenters. The average Bonchev–Trinajstić information content (AvgIpc) is 3.21. The summed E-state index contributed by atoms with van der Waals surface area (Å²) in [5.74, 6) is -4.26. The van der Waals surface area contributed by atoms with Crippen molar-refractivity contribution in [3.63, 3.8) is 0 Å². The number of carbonyl (C=O) groups excluding carboxylic acids is 4. The smallest absolute Gasteiger partial charge is 0.237 e. The first-order valence-electron chi connectivity index (χ1n) is 7.84. The minimum Gasteiger partial charge on any atom is -0.545 e. The number of aromatic carboxylic acids is 2. The zero-order chi connectivity index (χ0) is 17.2. The second-order valence-corrected chi connectivity index (χ2v) is 6.74. The van der Waals surface area contributed by atoms with E-state index < -0.39 is 23.1 Å². The summed E-state index contributed by atoms with van der Waals surface area (Å²) in [6.45, 7) is 0. The summed E-state index contributed by atoms with van der Waals surface area (Å²) in [5, 5.41) is 22.2. The largest absolute Gasteiger partial charge is 0.545 e. The van der Waals surface area contributed by atoms with Crippen molar-refractivity contribution >= 4 is 29.4 Å². The molecule has 3 fully saturated rings. The van der Waals surface area contributed by atoms with E-state index in [2.05, 4.69) is 0 Å². The molecule has 0 spiro atoms. The molecule has 7 nitrogen and oxygen atoms in total. The molecule has 1 aliphatic heterocycles. The molecule has 1 heterocycles. The number of amides is 2. The van der Waals surface area contributed by atoms with E-state index in [4.69, 9.17) is 0 Å². The van der Waals surface area contributed by atoms with Crippen LogP contribution in [0.5, 0.6) is 0 Å². The van der Waals surface area contributed by atoms with E-state index in [0.717, 1.165) is 42.4 Å². The lowest BCUT2D eigenvalue weighted by Crippen LogP contribution is -2.34. The second-order valence-electron chi connectivity index (χ2n) is 6.74. The molecule has 24 heavy (non-hydrogen) atoms. The standard InChI is InChI=1S/C17H15NO6/c19-14-12-7-1-2-8(3-7)13(12)15(20)18(14)11-5-9(16(21)22)4-10(6-11)17(23)24/h4-8,12-13H,1-3H2,(H,21,22)(H,23,24)/p-2/t7-,8-,12-,13+/m1/s1. The van der Waals surface area contributed by atoms with Gasteiger partial charge in [0.1, 0.15) is 0 Å². The van der Waals surface area contributed by atoms with Gasteiger partial charge in [0, 0.05) is 0 Å². The van der Waals surface area contributed by atoms with Crippen molar-refractivity contribution < 1.29 is 29.4 Å². The highest BCUT2D eigenvalue weighted by atomic mass is 16.4. The zero-order valence-electron chi connectivity index (χ0n) is 12.6. The summed E-state index contributed by atoms with van der Waals surface area (Å²) >= 11 is 0. The number of carboxylic acid groups (broad SMARTS) is 2. The van der Waals surface area contributed by atoms with Crippen LogP contribution in [0.1, 0.15) is 40.0 Å². The number of carbonyl (C=O) groups is 4. The summed E-state index contributed by atoms with van der Waals surface area (Å²) in [4.78, 5) is 48.6. The molecular formula is C17H13NO6-2. The molecule has 2 aliphatic carbocycles. The van der Waals surface area contributed by atoms with E-state index in [9.17, 15) is 29.4 Å². The molecule has 1 aromatic carbocycles. The van der Waals surface area contributed by atoms with Gasteiger partial charge in [-0.25, -0.2) is 4.90 Å². The lowest BCUT2D eigenvalue weighted by atomic mass is 9.81. The van der Waals surface area contributed by atoms with Gasteiger partial charge in [-0.15, -0.1) is 0 Å². The van der Waals surface area contributed by atoms with Gasteiger partial charge in [-0.3, -0.25) is 9.59 Å². The van der Waals surface area contributed by atoms with Crippen LogP contribution >= 0.6 is 0 Å². The van der Waals surface area contributed by atoms with E-state index in [-0.39, 0.29) is 41.2 Å². The van der Waals surface area contributed by atoms with Crippen LogP contribution in [0.25, 0.3) is 0 Å². The molecule has 3 aliphatic rings. The number of carboxylic acids is 2. The average molecular weight is 327 g/mol. The predicted molar refractivity (Wildman–Crippen MR) is 75.4 cm³/mol. The number of imide groups is 1. The highest BCUT2D eigenvalue weighted by molar-refractivity contribution is 6.23. The molecule has 0 unspecified atom stereocenters. The summed E-state index contributed by atoms with van der Waals surface area (Å²) in [5.41, 5.74) is -0.862. The van der Waals surface area contributed by atoms with Crippen molar-refractivity contribution in [2.75, 3.05) is 4.90 Å². The van der Waals surface area contributed by atoms with Gasteiger partial charge in [-0.2, -0.15) is 0 Å². The van der Waals surface area contributed by atoms with Gasteiger partial charge in [0.25, 0.3) is 0 Å². The Kier molecular flexibility index (Phi) is 3.03. The molecule has 4 rings (SSSR count). The molecule has 0 N–H and O–H groups in total. The van der Waals surface area contributed by atoms with Crippen molar-refractivity contribution in [3.05, 3.63) is 29.3 Å². The van der Waals surface area contributed by atoms with E-state index in [1.165, 1.54) is 0 Å². The number of hydrogen-bond donors (Lipinski definition) is 0. The number of nitrogens with zero attached hydrogens (tertiary/aromatic N) is 1. The minimum absolute atomic E-state index is 0.0419. The number of fused-ring (bicyclic) bond motifs is 5. The number of rotatable bonds is 3. The van der Waals surface area contributed by atoms with Crippen LogP contribution in [0.15, 0.2) is 18.2 Å². The molecule has 1 saturated heterocycles. The normalized spacial score (nSPS) is 30.8. The molecule has 7 heteroatoms. The Hall–Kier alpha value is -2.70. The first-order valence-corrected chi connectivity index (χ1v) is 7.84. The van der Waals surface area contributed by atoms with Crippen LogP contribution in [-0.2, 0) is 9.59 Å². The predicted octanol–water partition coefficient (Wildman–Crippen LogP) is -1.05. The molecular weight excluding hydrogens is 314 g/mol. The van der Waals surface area contributed by atoms with Gasteiger partial charge in [0.2, 0.25) is 11.8 Å². The number of anilines is 1. The van der Waals surface area contributed by atoms with Crippen LogP contribution in [0.3, 0.4) is 0 Å². The second kappa shape index (κ2) is 4.90. The third-order valence-corrected chi connectivity index (χ3v) is 5.57. The van der Waals surface area contributed by atoms with Gasteiger partial charge >= 0.3 is 0 Å². The molecule has 124 valence electrons. The Balaban J connectivity index is 1.79. The van der Waals surface area contributed by atoms with Gasteiger partial charge in [0.05, 0.1) is 29.5 Å². The van der Waals surface area contributed by atoms with Crippen molar-refractivity contribution in [1.29, 1.82) is 0 Å². The fraction of sp³-hybridized carbons (Fsp3) is 0.412. The maximum atomic E-state index is 12.7. The topological polar surface area (TPSA) is 118 Å². The third kappa shape index (κ3) is 1.90. The molecule has 0 aromatic heterocycles. The fourth-order valence-electron chi connectivity index (χ4n) is 4.64. The van der Waals surface area contributed by atoms with Crippen LogP contribution in [0.2, 0.25) is 0 Å². The van der Waals surface area contributed by atoms with Gasteiger partial charge in [0.15, 0.2) is 0 Å². The van der Waals surface area contributed by atoms with E-state index in [0.29, 0.717) is 0 Å².